The van der Waals surface area contributed by atoms with Gasteiger partial charge in [0.25, 0.3) is 0 Å². The van der Waals surface area contributed by atoms with Gasteiger partial charge in [0.15, 0.2) is 6.10 Å². The zero-order valence-electron chi connectivity index (χ0n) is 46.1. The van der Waals surface area contributed by atoms with Crippen molar-refractivity contribution in [2.75, 3.05) is 13.2 Å². The van der Waals surface area contributed by atoms with Crippen molar-refractivity contribution in [1.29, 1.82) is 0 Å². The molecule has 1 atom stereocenters. The maximum Gasteiger partial charge on any atom is 0.306 e. The van der Waals surface area contributed by atoms with Gasteiger partial charge in [-0.2, -0.15) is 0 Å². The standard InChI is InChI=1S/C63H114O6/c1-4-7-10-13-16-19-22-25-28-29-30-31-32-33-36-38-41-44-47-50-53-56-62(65)68-59-60(69-63(66)57-54-51-48-45-42-39-35-27-24-21-18-15-12-9-6-3)58-67-61(64)55-52-49-46-43-40-37-34-26-23-20-17-14-11-8-5-2/h8,11,17,20-21,24,26,34,60H,4-7,9-10,12-16,18-19,22-23,25,27-33,35-59H2,1-3H3/b11-8-,20-17-,24-21-,34-26-/t60-/m1/s1. The first-order valence-electron chi connectivity index (χ1n) is 30.1. The van der Waals surface area contributed by atoms with Gasteiger partial charge in [0.2, 0.25) is 0 Å². The Morgan fingerprint density at radius 1 is 0.304 bits per heavy atom. The zero-order valence-corrected chi connectivity index (χ0v) is 46.1. The lowest BCUT2D eigenvalue weighted by Crippen LogP contribution is -2.30. The summed E-state index contributed by atoms with van der Waals surface area (Å²) in [5.74, 6) is -0.882. The van der Waals surface area contributed by atoms with E-state index >= 15 is 0 Å². The lowest BCUT2D eigenvalue weighted by Gasteiger charge is -2.18. The highest BCUT2D eigenvalue weighted by Gasteiger charge is 2.19. The highest BCUT2D eigenvalue weighted by Crippen LogP contribution is 2.17. The molecule has 0 amide bonds. The van der Waals surface area contributed by atoms with E-state index in [1.54, 1.807) is 0 Å². The van der Waals surface area contributed by atoms with Crippen LogP contribution < -0.4 is 0 Å². The first-order valence-corrected chi connectivity index (χ1v) is 30.1. The highest BCUT2D eigenvalue weighted by atomic mass is 16.6. The average molecular weight is 968 g/mol. The fourth-order valence-corrected chi connectivity index (χ4v) is 8.81. The monoisotopic (exact) mass is 967 g/mol. The van der Waals surface area contributed by atoms with Gasteiger partial charge >= 0.3 is 17.9 Å². The van der Waals surface area contributed by atoms with Crippen molar-refractivity contribution in [3.63, 3.8) is 0 Å². The van der Waals surface area contributed by atoms with Crippen LogP contribution in [0, 0.1) is 0 Å². The molecule has 0 aromatic carbocycles. The zero-order chi connectivity index (χ0) is 50.0. The van der Waals surface area contributed by atoms with Gasteiger partial charge in [-0.05, 0) is 77.0 Å². The summed E-state index contributed by atoms with van der Waals surface area (Å²) in [7, 11) is 0. The number of ether oxygens (including phenoxy) is 3. The fraction of sp³-hybridized carbons (Fsp3) is 0.825. The summed E-state index contributed by atoms with van der Waals surface area (Å²) in [6.45, 7) is 6.54. The molecule has 0 spiro atoms. The topological polar surface area (TPSA) is 78.9 Å². The molecule has 0 saturated carbocycles. The van der Waals surface area contributed by atoms with Gasteiger partial charge in [0.1, 0.15) is 13.2 Å². The van der Waals surface area contributed by atoms with Crippen LogP contribution in [0.5, 0.6) is 0 Å². The third kappa shape index (κ3) is 56.2. The van der Waals surface area contributed by atoms with Crippen molar-refractivity contribution in [2.24, 2.45) is 0 Å². The molecule has 402 valence electrons. The lowest BCUT2D eigenvalue weighted by molar-refractivity contribution is -0.167. The molecule has 0 aliphatic carbocycles. The van der Waals surface area contributed by atoms with Crippen LogP contribution in [-0.4, -0.2) is 37.2 Å². The normalized spacial score (nSPS) is 12.3. The third-order valence-corrected chi connectivity index (χ3v) is 13.3. The summed E-state index contributed by atoms with van der Waals surface area (Å²) in [5.41, 5.74) is 0. The molecule has 0 N–H and O–H groups in total. The third-order valence-electron chi connectivity index (χ3n) is 13.3. The second kappa shape index (κ2) is 57.9. The van der Waals surface area contributed by atoms with Crippen LogP contribution in [0.2, 0.25) is 0 Å². The van der Waals surface area contributed by atoms with E-state index in [-0.39, 0.29) is 31.1 Å². The highest BCUT2D eigenvalue weighted by molar-refractivity contribution is 5.71. The first kappa shape index (κ1) is 66.4. The minimum Gasteiger partial charge on any atom is -0.462 e. The van der Waals surface area contributed by atoms with Crippen LogP contribution in [0.4, 0.5) is 0 Å². The largest absolute Gasteiger partial charge is 0.462 e. The second-order valence-corrected chi connectivity index (χ2v) is 20.2. The molecule has 0 rings (SSSR count). The molecule has 0 radical (unpaired) electrons. The second-order valence-electron chi connectivity index (χ2n) is 20.2. The van der Waals surface area contributed by atoms with E-state index in [1.807, 2.05) is 0 Å². The molecule has 0 bridgehead atoms. The van der Waals surface area contributed by atoms with Gasteiger partial charge in [-0.1, -0.05) is 268 Å². The number of allylic oxidation sites excluding steroid dienone is 8. The Hall–Kier alpha value is -2.63. The molecule has 69 heavy (non-hydrogen) atoms. The summed E-state index contributed by atoms with van der Waals surface area (Å²) in [4.78, 5) is 38.2. The predicted molar refractivity (Wildman–Crippen MR) is 298 cm³/mol. The Bertz CT molecular complexity index is 1200. The Labute approximate surface area is 428 Å². The number of carbonyl (C=O) groups excluding carboxylic acids is 3. The van der Waals surface area contributed by atoms with Gasteiger partial charge in [0, 0.05) is 19.3 Å². The van der Waals surface area contributed by atoms with E-state index in [9.17, 15) is 14.4 Å². The molecule has 0 aliphatic heterocycles. The summed E-state index contributed by atoms with van der Waals surface area (Å²) < 4.78 is 16.9. The number of carbonyl (C=O) groups is 3. The average Bonchev–Trinajstić information content (AvgIpc) is 3.35. The smallest absolute Gasteiger partial charge is 0.306 e. The van der Waals surface area contributed by atoms with E-state index in [0.717, 1.165) is 96.3 Å². The number of hydrogen-bond donors (Lipinski definition) is 0. The first-order chi connectivity index (χ1) is 34.0. The molecular weight excluding hydrogens is 853 g/mol. The van der Waals surface area contributed by atoms with Crippen molar-refractivity contribution in [3.8, 4) is 0 Å². The Morgan fingerprint density at radius 2 is 0.565 bits per heavy atom. The minimum absolute atomic E-state index is 0.0772. The number of esters is 3. The molecule has 0 unspecified atom stereocenters. The molecule has 0 aromatic rings. The van der Waals surface area contributed by atoms with Crippen LogP contribution in [-0.2, 0) is 28.6 Å². The molecule has 0 heterocycles. The Balaban J connectivity index is 4.32. The molecule has 6 nitrogen and oxygen atoms in total. The summed E-state index contributed by atoms with van der Waals surface area (Å²) in [6, 6.07) is 0. The van der Waals surface area contributed by atoms with E-state index < -0.39 is 6.10 Å². The predicted octanol–water partition coefficient (Wildman–Crippen LogP) is 20.2. The van der Waals surface area contributed by atoms with E-state index in [2.05, 4.69) is 69.4 Å². The molecule has 0 saturated heterocycles. The maximum atomic E-state index is 12.9. The van der Waals surface area contributed by atoms with Crippen LogP contribution in [0.1, 0.15) is 316 Å². The van der Waals surface area contributed by atoms with Crippen molar-refractivity contribution < 1.29 is 28.6 Å². The van der Waals surface area contributed by atoms with Gasteiger partial charge in [-0.25, -0.2) is 0 Å². The Kier molecular flexibility index (Phi) is 55.7. The molecule has 0 aliphatic rings. The van der Waals surface area contributed by atoms with Crippen molar-refractivity contribution >= 4 is 17.9 Å². The lowest BCUT2D eigenvalue weighted by atomic mass is 10.0. The van der Waals surface area contributed by atoms with Crippen molar-refractivity contribution in [1.82, 2.24) is 0 Å². The van der Waals surface area contributed by atoms with Crippen LogP contribution in [0.25, 0.3) is 0 Å². The van der Waals surface area contributed by atoms with Gasteiger partial charge < -0.3 is 14.2 Å². The van der Waals surface area contributed by atoms with Crippen LogP contribution in [0.15, 0.2) is 48.6 Å². The van der Waals surface area contributed by atoms with Crippen molar-refractivity contribution in [2.45, 2.75) is 322 Å². The van der Waals surface area contributed by atoms with E-state index in [4.69, 9.17) is 14.2 Å². The number of unbranched alkanes of at least 4 members (excludes halogenated alkanes) is 36. The maximum absolute atomic E-state index is 12.9. The molecule has 0 fully saturated rings. The quantitative estimate of drug-likeness (QED) is 0.0262. The molecular formula is C63H114O6. The van der Waals surface area contributed by atoms with Crippen molar-refractivity contribution in [3.05, 3.63) is 48.6 Å². The summed E-state index contributed by atoms with van der Waals surface area (Å²) in [6.07, 6.45) is 71.1. The van der Waals surface area contributed by atoms with E-state index in [1.165, 1.54) is 180 Å². The van der Waals surface area contributed by atoms with Gasteiger partial charge in [-0.3, -0.25) is 14.4 Å². The minimum atomic E-state index is -0.781. The molecule has 6 heteroatoms. The Morgan fingerprint density at radius 3 is 0.913 bits per heavy atom. The van der Waals surface area contributed by atoms with Crippen LogP contribution in [0.3, 0.4) is 0 Å². The summed E-state index contributed by atoms with van der Waals surface area (Å²) in [5, 5.41) is 0. The fourth-order valence-electron chi connectivity index (χ4n) is 8.81. The summed E-state index contributed by atoms with van der Waals surface area (Å²) >= 11 is 0. The van der Waals surface area contributed by atoms with Crippen LogP contribution >= 0.6 is 0 Å². The number of rotatable bonds is 55. The SMILES string of the molecule is CC/C=C\C/C=C\C/C=C\CCCCCCCC(=O)OC[C@H](COC(=O)CCCCCCCCCCCCCCCCCCCCCCC)OC(=O)CCCCCCCCC/C=C\CCCCCC. The number of hydrogen-bond acceptors (Lipinski definition) is 6. The van der Waals surface area contributed by atoms with Gasteiger partial charge in [-0.15, -0.1) is 0 Å². The molecule has 0 aromatic heterocycles. The van der Waals surface area contributed by atoms with E-state index in [0.29, 0.717) is 19.3 Å². The van der Waals surface area contributed by atoms with Gasteiger partial charge in [0.05, 0.1) is 0 Å².